The molecule has 1 N–H and O–H groups in total. The van der Waals surface area contributed by atoms with E-state index in [9.17, 15) is 4.79 Å². The molecule has 0 unspecified atom stereocenters. The molecule has 5 nitrogen and oxygen atoms in total. The highest BCUT2D eigenvalue weighted by Gasteiger charge is 2.18. The fraction of sp³-hybridized carbons (Fsp3) is 0.409. The molecule has 0 radical (unpaired) electrons. The van der Waals surface area contributed by atoms with Crippen LogP contribution in [0.25, 0.3) is 0 Å². The van der Waals surface area contributed by atoms with Crippen molar-refractivity contribution in [1.82, 2.24) is 5.32 Å². The minimum absolute atomic E-state index is 0.0704. The summed E-state index contributed by atoms with van der Waals surface area (Å²) in [5.41, 5.74) is 2.98. The van der Waals surface area contributed by atoms with Gasteiger partial charge in [0.05, 0.1) is 25.3 Å². The van der Waals surface area contributed by atoms with E-state index in [-0.39, 0.29) is 5.91 Å². The van der Waals surface area contributed by atoms with E-state index >= 15 is 0 Å². The van der Waals surface area contributed by atoms with Crippen molar-refractivity contribution in [3.05, 3.63) is 59.7 Å². The van der Waals surface area contributed by atoms with Crippen molar-refractivity contribution in [3.8, 4) is 5.75 Å². The predicted octanol–water partition coefficient (Wildman–Crippen LogP) is 3.28. The first-order chi connectivity index (χ1) is 13.3. The quantitative estimate of drug-likeness (QED) is 0.727. The van der Waals surface area contributed by atoms with E-state index in [1.54, 1.807) is 0 Å². The Kier molecular flexibility index (Phi) is 7.11. The maximum atomic E-state index is 12.6. The monoisotopic (exact) mass is 368 g/mol. The third-order valence-corrected chi connectivity index (χ3v) is 4.62. The minimum Gasteiger partial charge on any atom is -0.492 e. The predicted molar refractivity (Wildman–Crippen MR) is 108 cm³/mol. The van der Waals surface area contributed by atoms with E-state index in [0.29, 0.717) is 31.9 Å². The van der Waals surface area contributed by atoms with E-state index in [4.69, 9.17) is 9.47 Å². The zero-order chi connectivity index (χ0) is 18.9. The second kappa shape index (κ2) is 9.97. The lowest BCUT2D eigenvalue weighted by Crippen LogP contribution is -2.38. The molecule has 3 rings (SSSR count). The molecule has 27 heavy (non-hydrogen) atoms. The van der Waals surface area contributed by atoms with Crippen molar-refractivity contribution in [3.63, 3.8) is 0 Å². The largest absolute Gasteiger partial charge is 0.492 e. The van der Waals surface area contributed by atoms with Crippen molar-refractivity contribution in [2.45, 2.75) is 19.8 Å². The zero-order valence-electron chi connectivity index (χ0n) is 15.9. The number of anilines is 1. The summed E-state index contributed by atoms with van der Waals surface area (Å²) in [5, 5.41) is 2.96. The van der Waals surface area contributed by atoms with Crippen molar-refractivity contribution >= 4 is 11.6 Å². The zero-order valence-corrected chi connectivity index (χ0v) is 15.9. The molecule has 1 aliphatic rings. The Balaban J connectivity index is 1.49. The standard InChI is InChI=1S/C22H28N2O3/c1-2-5-18-8-10-19(11-9-18)27-15-12-23-22(25)20-6-3-4-7-21(20)24-13-16-26-17-14-24/h3-4,6-11H,2,5,12-17H2,1H3,(H,23,25). The van der Waals surface area contributed by atoms with Gasteiger partial charge < -0.3 is 19.7 Å². The molecule has 1 amide bonds. The number of amides is 1. The molecule has 1 heterocycles. The highest BCUT2D eigenvalue weighted by Crippen LogP contribution is 2.21. The topological polar surface area (TPSA) is 50.8 Å². The molecule has 0 aromatic heterocycles. The smallest absolute Gasteiger partial charge is 0.253 e. The first kappa shape index (κ1) is 19.2. The highest BCUT2D eigenvalue weighted by atomic mass is 16.5. The van der Waals surface area contributed by atoms with E-state index in [1.165, 1.54) is 5.56 Å². The fourth-order valence-electron chi connectivity index (χ4n) is 3.22. The molecule has 0 spiro atoms. The van der Waals surface area contributed by atoms with Crippen molar-refractivity contribution in [2.24, 2.45) is 0 Å². The van der Waals surface area contributed by atoms with Crippen molar-refractivity contribution < 1.29 is 14.3 Å². The normalized spacial score (nSPS) is 14.0. The van der Waals surface area contributed by atoms with Crippen LogP contribution in [-0.2, 0) is 11.2 Å². The molecular formula is C22H28N2O3. The number of nitrogens with one attached hydrogen (secondary N) is 1. The molecule has 2 aromatic carbocycles. The Hall–Kier alpha value is -2.53. The Bertz CT molecular complexity index is 725. The van der Waals surface area contributed by atoms with Crippen LogP contribution >= 0.6 is 0 Å². The van der Waals surface area contributed by atoms with Crippen LogP contribution in [0.15, 0.2) is 48.5 Å². The Morgan fingerprint density at radius 2 is 1.85 bits per heavy atom. The summed E-state index contributed by atoms with van der Waals surface area (Å²) in [6.07, 6.45) is 2.22. The van der Waals surface area contributed by atoms with Crippen LogP contribution in [0.3, 0.4) is 0 Å². The summed E-state index contributed by atoms with van der Waals surface area (Å²) in [5.74, 6) is 0.761. The van der Waals surface area contributed by atoms with E-state index < -0.39 is 0 Å². The molecule has 2 aromatic rings. The number of benzene rings is 2. The Morgan fingerprint density at radius 1 is 1.11 bits per heavy atom. The summed E-state index contributed by atoms with van der Waals surface area (Å²) in [6.45, 7) is 6.08. The Morgan fingerprint density at radius 3 is 2.59 bits per heavy atom. The fourth-order valence-corrected chi connectivity index (χ4v) is 3.22. The second-order valence-electron chi connectivity index (χ2n) is 6.61. The SMILES string of the molecule is CCCc1ccc(OCCNC(=O)c2ccccc2N2CCOCC2)cc1. The van der Waals surface area contributed by atoms with Gasteiger partial charge in [-0.25, -0.2) is 0 Å². The van der Waals surface area contributed by atoms with Crippen LogP contribution in [-0.4, -0.2) is 45.4 Å². The lowest BCUT2D eigenvalue weighted by Gasteiger charge is -2.30. The van der Waals surface area contributed by atoms with E-state index in [0.717, 1.165) is 37.4 Å². The molecule has 0 aliphatic carbocycles. The summed E-state index contributed by atoms with van der Waals surface area (Å²) >= 11 is 0. The van der Waals surface area contributed by atoms with Crippen LogP contribution in [0.4, 0.5) is 5.69 Å². The van der Waals surface area contributed by atoms with Gasteiger partial charge in [0.2, 0.25) is 0 Å². The third kappa shape index (κ3) is 5.47. The van der Waals surface area contributed by atoms with Crippen molar-refractivity contribution in [2.75, 3.05) is 44.4 Å². The number of nitrogens with zero attached hydrogens (tertiary/aromatic N) is 1. The van der Waals surface area contributed by atoms with Gasteiger partial charge in [-0.2, -0.15) is 0 Å². The number of carbonyl (C=O) groups excluding carboxylic acids is 1. The average Bonchev–Trinajstić information content (AvgIpc) is 2.73. The van der Waals surface area contributed by atoms with Gasteiger partial charge in [0.1, 0.15) is 12.4 Å². The lowest BCUT2D eigenvalue weighted by atomic mass is 10.1. The van der Waals surface area contributed by atoms with Crippen molar-refractivity contribution in [1.29, 1.82) is 0 Å². The van der Waals surface area contributed by atoms with E-state index in [2.05, 4.69) is 29.3 Å². The van der Waals surface area contributed by atoms with Gasteiger partial charge in [-0.1, -0.05) is 37.6 Å². The number of rotatable bonds is 8. The average molecular weight is 368 g/mol. The van der Waals surface area contributed by atoms with Crippen LogP contribution in [0, 0.1) is 0 Å². The van der Waals surface area contributed by atoms with Gasteiger partial charge in [0.25, 0.3) is 5.91 Å². The van der Waals surface area contributed by atoms with Crippen LogP contribution in [0.2, 0.25) is 0 Å². The lowest BCUT2D eigenvalue weighted by molar-refractivity contribution is 0.0945. The number of hydrogen-bond acceptors (Lipinski definition) is 4. The molecule has 1 saturated heterocycles. The van der Waals surface area contributed by atoms with Gasteiger partial charge in [0.15, 0.2) is 0 Å². The second-order valence-corrected chi connectivity index (χ2v) is 6.61. The van der Waals surface area contributed by atoms with Gasteiger partial charge in [-0.05, 0) is 36.2 Å². The minimum atomic E-state index is -0.0704. The molecule has 144 valence electrons. The first-order valence-electron chi connectivity index (χ1n) is 9.69. The molecule has 5 heteroatoms. The summed E-state index contributed by atoms with van der Waals surface area (Å²) in [4.78, 5) is 14.8. The number of ether oxygens (including phenoxy) is 2. The molecule has 0 atom stereocenters. The molecule has 1 aliphatic heterocycles. The molecule has 0 bridgehead atoms. The number of hydrogen-bond donors (Lipinski definition) is 1. The maximum Gasteiger partial charge on any atom is 0.253 e. The molecular weight excluding hydrogens is 340 g/mol. The van der Waals surface area contributed by atoms with Crippen LogP contribution in [0.1, 0.15) is 29.3 Å². The third-order valence-electron chi connectivity index (χ3n) is 4.62. The number of morpholine rings is 1. The van der Waals surface area contributed by atoms with Gasteiger partial charge in [-0.3, -0.25) is 4.79 Å². The molecule has 0 saturated carbocycles. The van der Waals surface area contributed by atoms with E-state index in [1.807, 2.05) is 36.4 Å². The molecule has 1 fully saturated rings. The van der Waals surface area contributed by atoms with Gasteiger partial charge >= 0.3 is 0 Å². The summed E-state index contributed by atoms with van der Waals surface area (Å²) in [7, 11) is 0. The van der Waals surface area contributed by atoms with Crippen LogP contribution in [0.5, 0.6) is 5.75 Å². The van der Waals surface area contributed by atoms with Gasteiger partial charge in [0, 0.05) is 18.8 Å². The number of aryl methyl sites for hydroxylation is 1. The first-order valence-corrected chi connectivity index (χ1v) is 9.69. The van der Waals surface area contributed by atoms with Gasteiger partial charge in [-0.15, -0.1) is 0 Å². The summed E-state index contributed by atoms with van der Waals surface area (Å²) < 4.78 is 11.1. The maximum absolute atomic E-state index is 12.6. The Labute approximate surface area is 161 Å². The highest BCUT2D eigenvalue weighted by molar-refractivity contribution is 5.99. The summed E-state index contributed by atoms with van der Waals surface area (Å²) in [6, 6.07) is 15.9. The van der Waals surface area contributed by atoms with Crippen LogP contribution < -0.4 is 15.0 Å². The number of para-hydroxylation sites is 1. The number of carbonyl (C=O) groups is 1.